The van der Waals surface area contributed by atoms with E-state index in [0.29, 0.717) is 0 Å². The highest BCUT2D eigenvalue weighted by atomic mass is 16.4. The minimum Gasteiger partial charge on any atom is -0.481 e. The maximum absolute atomic E-state index is 11.2. The molecule has 2 unspecified atom stereocenters. The third kappa shape index (κ3) is 1.74. The van der Waals surface area contributed by atoms with Crippen LogP contribution < -0.4 is 0 Å². The average Bonchev–Trinajstić information content (AvgIpc) is 2.01. The molecule has 0 aromatic rings. The summed E-state index contributed by atoms with van der Waals surface area (Å²) in [6.07, 6.45) is 4.90. The molecule has 0 saturated carbocycles. The van der Waals surface area contributed by atoms with E-state index in [9.17, 15) is 9.90 Å². The summed E-state index contributed by atoms with van der Waals surface area (Å²) in [7, 11) is 0. The molecule has 2 heteroatoms. The molecule has 14 heavy (non-hydrogen) atoms. The molecule has 0 bridgehead atoms. The largest absolute Gasteiger partial charge is 0.481 e. The van der Waals surface area contributed by atoms with Crippen LogP contribution in [-0.4, -0.2) is 11.1 Å². The predicted octanol–water partition coefficient (Wildman–Crippen LogP) is 3.01. The van der Waals surface area contributed by atoms with Crippen molar-refractivity contribution in [1.82, 2.24) is 0 Å². The topological polar surface area (TPSA) is 37.3 Å². The van der Waals surface area contributed by atoms with Gasteiger partial charge in [0.15, 0.2) is 0 Å². The molecule has 0 heterocycles. The second-order valence-corrected chi connectivity index (χ2v) is 4.41. The van der Waals surface area contributed by atoms with Crippen molar-refractivity contribution in [2.45, 2.75) is 34.1 Å². The quantitative estimate of drug-likeness (QED) is 0.733. The fraction of sp³-hybridized carbons (Fsp3) is 0.583. The molecular formula is C12H18O2. The SMILES string of the molecule is CCC1(C)C=C(C)C=C(C)C1C(=O)O. The van der Waals surface area contributed by atoms with E-state index in [1.54, 1.807) is 0 Å². The van der Waals surface area contributed by atoms with Gasteiger partial charge in [0.1, 0.15) is 0 Å². The summed E-state index contributed by atoms with van der Waals surface area (Å²) < 4.78 is 0. The summed E-state index contributed by atoms with van der Waals surface area (Å²) in [6.45, 7) is 7.99. The van der Waals surface area contributed by atoms with Crippen LogP contribution in [0.2, 0.25) is 0 Å². The van der Waals surface area contributed by atoms with Crippen molar-refractivity contribution in [2.75, 3.05) is 0 Å². The van der Waals surface area contributed by atoms with Gasteiger partial charge < -0.3 is 5.11 Å². The van der Waals surface area contributed by atoms with Crippen LogP contribution in [0.3, 0.4) is 0 Å². The molecule has 2 atom stereocenters. The average molecular weight is 194 g/mol. The summed E-state index contributed by atoms with van der Waals surface area (Å²) in [5.74, 6) is -1.08. The molecule has 0 spiro atoms. The van der Waals surface area contributed by atoms with E-state index in [1.807, 2.05) is 33.8 Å². The van der Waals surface area contributed by atoms with Crippen molar-refractivity contribution < 1.29 is 9.90 Å². The van der Waals surface area contributed by atoms with Crippen LogP contribution in [0.5, 0.6) is 0 Å². The second-order valence-electron chi connectivity index (χ2n) is 4.41. The Hall–Kier alpha value is -1.05. The molecule has 0 amide bonds. The fourth-order valence-corrected chi connectivity index (χ4v) is 2.39. The third-order valence-corrected chi connectivity index (χ3v) is 3.14. The van der Waals surface area contributed by atoms with Crippen molar-refractivity contribution in [3.8, 4) is 0 Å². The van der Waals surface area contributed by atoms with Crippen molar-refractivity contribution in [2.24, 2.45) is 11.3 Å². The van der Waals surface area contributed by atoms with Gasteiger partial charge in [-0.15, -0.1) is 0 Å². The van der Waals surface area contributed by atoms with E-state index in [-0.39, 0.29) is 11.3 Å². The number of aliphatic carboxylic acids is 1. The van der Waals surface area contributed by atoms with Crippen LogP contribution >= 0.6 is 0 Å². The summed E-state index contributed by atoms with van der Waals surface area (Å²) in [4.78, 5) is 11.2. The van der Waals surface area contributed by atoms with Gasteiger partial charge in [-0.05, 0) is 20.3 Å². The van der Waals surface area contributed by atoms with Gasteiger partial charge in [0.05, 0.1) is 5.92 Å². The van der Waals surface area contributed by atoms with Crippen LogP contribution in [0.1, 0.15) is 34.1 Å². The van der Waals surface area contributed by atoms with Crippen LogP contribution in [0.25, 0.3) is 0 Å². The van der Waals surface area contributed by atoms with E-state index in [4.69, 9.17) is 0 Å². The van der Waals surface area contributed by atoms with Crippen LogP contribution in [0.15, 0.2) is 23.3 Å². The number of rotatable bonds is 2. The van der Waals surface area contributed by atoms with Crippen LogP contribution in [0.4, 0.5) is 0 Å². The molecule has 0 aromatic carbocycles. The van der Waals surface area contributed by atoms with E-state index >= 15 is 0 Å². The van der Waals surface area contributed by atoms with Gasteiger partial charge in [0.25, 0.3) is 0 Å². The molecule has 1 N–H and O–H groups in total. The highest BCUT2D eigenvalue weighted by Gasteiger charge is 2.39. The molecule has 78 valence electrons. The Bertz CT molecular complexity index is 312. The zero-order valence-corrected chi connectivity index (χ0v) is 9.29. The highest BCUT2D eigenvalue weighted by molar-refractivity contribution is 5.76. The smallest absolute Gasteiger partial charge is 0.311 e. The van der Waals surface area contributed by atoms with Gasteiger partial charge in [0.2, 0.25) is 0 Å². The Morgan fingerprint density at radius 2 is 2.14 bits per heavy atom. The monoisotopic (exact) mass is 194 g/mol. The first-order chi connectivity index (χ1) is 6.40. The fourth-order valence-electron chi connectivity index (χ4n) is 2.39. The molecule has 2 nitrogen and oxygen atoms in total. The number of hydrogen-bond donors (Lipinski definition) is 1. The molecule has 0 aromatic heterocycles. The first-order valence-corrected chi connectivity index (χ1v) is 5.01. The Labute approximate surface area is 85.3 Å². The summed E-state index contributed by atoms with van der Waals surface area (Å²) >= 11 is 0. The normalized spacial score (nSPS) is 32.1. The van der Waals surface area contributed by atoms with Gasteiger partial charge in [-0.25, -0.2) is 0 Å². The Balaban J connectivity index is 3.16. The van der Waals surface area contributed by atoms with Gasteiger partial charge in [-0.3, -0.25) is 4.79 Å². The van der Waals surface area contributed by atoms with E-state index in [0.717, 1.165) is 12.0 Å². The Morgan fingerprint density at radius 3 is 2.57 bits per heavy atom. The van der Waals surface area contributed by atoms with Crippen molar-refractivity contribution >= 4 is 5.97 Å². The summed E-state index contributed by atoms with van der Waals surface area (Å²) in [5.41, 5.74) is 1.90. The van der Waals surface area contributed by atoms with Crippen LogP contribution in [-0.2, 0) is 4.79 Å². The van der Waals surface area contributed by atoms with Gasteiger partial charge in [-0.2, -0.15) is 0 Å². The Morgan fingerprint density at radius 1 is 1.57 bits per heavy atom. The lowest BCUT2D eigenvalue weighted by atomic mass is 9.68. The molecule has 1 aliphatic carbocycles. The first kappa shape index (κ1) is 11.0. The highest BCUT2D eigenvalue weighted by Crippen LogP contribution is 2.41. The minimum atomic E-state index is -0.716. The lowest BCUT2D eigenvalue weighted by molar-refractivity contribution is -0.143. The number of carboxylic acids is 1. The maximum Gasteiger partial charge on any atom is 0.311 e. The maximum atomic E-state index is 11.2. The van der Waals surface area contributed by atoms with Crippen molar-refractivity contribution in [3.05, 3.63) is 23.3 Å². The van der Waals surface area contributed by atoms with Crippen molar-refractivity contribution in [3.63, 3.8) is 0 Å². The standard InChI is InChI=1S/C12H18O2/c1-5-12(4)7-8(2)6-9(3)10(12)11(13)14/h6-7,10H,5H2,1-4H3,(H,13,14). The number of carbonyl (C=O) groups is 1. The third-order valence-electron chi connectivity index (χ3n) is 3.14. The summed E-state index contributed by atoms with van der Waals surface area (Å²) in [6, 6.07) is 0. The molecule has 0 radical (unpaired) electrons. The molecule has 0 fully saturated rings. The van der Waals surface area contributed by atoms with Gasteiger partial charge in [0, 0.05) is 5.41 Å². The van der Waals surface area contributed by atoms with E-state index in [2.05, 4.69) is 6.08 Å². The minimum absolute atomic E-state index is 0.227. The number of carboxylic acid groups (broad SMARTS) is 1. The van der Waals surface area contributed by atoms with Crippen LogP contribution in [0, 0.1) is 11.3 Å². The molecule has 0 aliphatic heterocycles. The van der Waals surface area contributed by atoms with Gasteiger partial charge in [-0.1, -0.05) is 37.1 Å². The molecular weight excluding hydrogens is 176 g/mol. The first-order valence-electron chi connectivity index (χ1n) is 5.01. The lowest BCUT2D eigenvalue weighted by Crippen LogP contribution is -2.34. The molecule has 0 saturated heterocycles. The molecule has 1 aliphatic rings. The second kappa shape index (κ2) is 3.60. The van der Waals surface area contributed by atoms with E-state index < -0.39 is 5.97 Å². The van der Waals surface area contributed by atoms with E-state index in [1.165, 1.54) is 5.57 Å². The number of hydrogen-bond acceptors (Lipinski definition) is 1. The summed E-state index contributed by atoms with van der Waals surface area (Å²) in [5, 5.41) is 9.19. The zero-order chi connectivity index (χ0) is 10.9. The van der Waals surface area contributed by atoms with Crippen molar-refractivity contribution in [1.29, 1.82) is 0 Å². The lowest BCUT2D eigenvalue weighted by Gasteiger charge is -2.35. The zero-order valence-electron chi connectivity index (χ0n) is 9.29. The molecule has 1 rings (SSSR count). The van der Waals surface area contributed by atoms with Gasteiger partial charge >= 0.3 is 5.97 Å². The Kier molecular flexibility index (Phi) is 2.84. The predicted molar refractivity (Wildman–Crippen MR) is 57.0 cm³/mol. The number of allylic oxidation sites excluding steroid dienone is 3.